The van der Waals surface area contributed by atoms with Gasteiger partial charge in [0.2, 0.25) is 0 Å². The first-order valence-corrected chi connectivity index (χ1v) is 20.3. The van der Waals surface area contributed by atoms with Crippen LogP contribution in [0.5, 0.6) is 0 Å². The molecule has 4 heterocycles. The number of rotatable bonds is 13. The Labute approximate surface area is 394 Å². The second kappa shape index (κ2) is 18.0. The Balaban J connectivity index is 1.03. The third-order valence-electron chi connectivity index (χ3n) is 10.6. The van der Waals surface area contributed by atoms with E-state index in [1.165, 1.54) is 36.7 Å². The molecular weight excluding hydrogens is 793 g/mol. The Hall–Kier alpha value is -7.57. The van der Waals surface area contributed by atoms with Crippen LogP contribution in [0.4, 0.5) is 8.78 Å². The second-order valence-electron chi connectivity index (χ2n) is 14.9. The summed E-state index contributed by atoms with van der Waals surface area (Å²) in [4.78, 5) is 13.4. The van der Waals surface area contributed by atoms with Gasteiger partial charge in [-0.25, -0.2) is 8.78 Å². The molecule has 10 aromatic rings. The van der Waals surface area contributed by atoms with E-state index in [1.54, 1.807) is 24.3 Å². The third kappa shape index (κ3) is 8.73. The van der Waals surface area contributed by atoms with E-state index in [-0.39, 0.29) is 57.2 Å². The smallest absolute Gasteiger partial charge is 0.146 e. The summed E-state index contributed by atoms with van der Waals surface area (Å²) < 4.78 is 181. The van der Waals surface area contributed by atoms with Crippen molar-refractivity contribution in [1.82, 2.24) is 15.0 Å². The second-order valence-corrected chi connectivity index (χ2v) is 14.9. The molecule has 0 unspecified atom stereocenters. The lowest BCUT2D eigenvalue weighted by molar-refractivity contribution is 0.606. The van der Waals surface area contributed by atoms with Crippen molar-refractivity contribution in [2.24, 2.45) is 0 Å². The van der Waals surface area contributed by atoms with Crippen molar-refractivity contribution in [3.8, 4) is 44.9 Å². The zero-order valence-corrected chi connectivity index (χ0v) is 33.9. The molecule has 10 rings (SSSR count). The molecular formula is C58H45F2N3O. The van der Waals surface area contributed by atoms with Gasteiger partial charge in [0, 0.05) is 72.8 Å². The first kappa shape index (κ1) is 26.1. The van der Waals surface area contributed by atoms with E-state index >= 15 is 8.78 Å². The number of nitrogens with zero attached hydrogens (tertiary/aromatic N) is 3. The first-order chi connectivity index (χ1) is 37.7. The number of aryl methyl sites for hydroxylation is 6. The Morgan fingerprint density at radius 2 is 1.09 bits per heavy atom. The lowest BCUT2D eigenvalue weighted by Gasteiger charge is -2.12. The van der Waals surface area contributed by atoms with Crippen LogP contribution in [-0.2, 0) is 38.3 Å². The maximum absolute atomic E-state index is 16.8. The SMILES string of the molecule is [2H]c1cc2c(oc3c(-c4cc(F)c(C([2H])([2H])C([2H])([2H])c5cc(C([2H])([2H])Cc6ccc(-c7ccccc7)nc6)cc(C([2H])([2H])Cc6ccc(-c7ccccc7)nc6)c5)cn4)cccc32)c(-c2c([2H])c([2H])c(C([2H])([2H])[2H])c([2H])c2[2H])c1F. The molecule has 64 heavy (non-hydrogen) atoms. The number of halogens is 2. The van der Waals surface area contributed by atoms with Crippen LogP contribution in [-0.4, -0.2) is 15.0 Å². The van der Waals surface area contributed by atoms with Crippen molar-refractivity contribution in [3.05, 3.63) is 233 Å². The Morgan fingerprint density at radius 3 is 1.67 bits per heavy atom. The summed E-state index contributed by atoms with van der Waals surface area (Å²) in [6, 6.07) is 31.1. The summed E-state index contributed by atoms with van der Waals surface area (Å²) in [5.74, 6) is -2.58. The maximum Gasteiger partial charge on any atom is 0.146 e. The van der Waals surface area contributed by atoms with Crippen LogP contribution in [0.15, 0.2) is 187 Å². The normalized spacial score (nSPS) is 16.2. The molecule has 0 saturated heterocycles. The third-order valence-corrected chi connectivity index (χ3v) is 10.6. The van der Waals surface area contributed by atoms with Gasteiger partial charge >= 0.3 is 0 Å². The van der Waals surface area contributed by atoms with Gasteiger partial charge in [0.25, 0.3) is 0 Å². The average molecular weight is 854 g/mol. The summed E-state index contributed by atoms with van der Waals surface area (Å²) in [7, 11) is 0. The summed E-state index contributed by atoms with van der Waals surface area (Å²) in [6.45, 7) is -3.06. The van der Waals surface area contributed by atoms with E-state index in [9.17, 15) is 11.0 Å². The molecule has 0 radical (unpaired) electrons. The number of hydrogen-bond acceptors (Lipinski definition) is 4. The molecule has 4 aromatic heterocycles. The summed E-state index contributed by atoms with van der Waals surface area (Å²) in [6.07, 6.45) is -7.94. The number of aromatic nitrogens is 3. The van der Waals surface area contributed by atoms with Crippen molar-refractivity contribution in [2.45, 2.75) is 45.2 Å². The van der Waals surface area contributed by atoms with Crippen LogP contribution < -0.4 is 0 Å². The fourth-order valence-electron chi connectivity index (χ4n) is 7.38. The summed E-state index contributed by atoms with van der Waals surface area (Å²) >= 11 is 0. The molecule has 0 spiro atoms. The predicted octanol–water partition coefficient (Wildman–Crippen LogP) is 14.4. The summed E-state index contributed by atoms with van der Waals surface area (Å²) in [5, 5.41) is 0.267. The highest BCUT2D eigenvalue weighted by Crippen LogP contribution is 2.41. The van der Waals surface area contributed by atoms with Gasteiger partial charge < -0.3 is 4.42 Å². The average Bonchev–Trinajstić information content (AvgIpc) is 3.95. The molecule has 0 aliphatic carbocycles. The zero-order valence-electron chi connectivity index (χ0n) is 49.9. The van der Waals surface area contributed by atoms with Gasteiger partial charge in [-0.2, -0.15) is 0 Å². The van der Waals surface area contributed by atoms with E-state index in [4.69, 9.17) is 15.4 Å². The number of para-hydroxylation sites is 1. The Kier molecular flexibility index (Phi) is 7.37. The highest BCUT2D eigenvalue weighted by molar-refractivity contribution is 6.12. The van der Waals surface area contributed by atoms with Crippen molar-refractivity contribution >= 4 is 21.9 Å². The minimum atomic E-state index is -3.29. The van der Waals surface area contributed by atoms with E-state index in [2.05, 4.69) is 15.0 Å². The molecule has 0 saturated carbocycles. The molecule has 0 fully saturated rings. The van der Waals surface area contributed by atoms with Gasteiger partial charge in [0.15, 0.2) is 0 Å². The molecule has 0 amide bonds. The van der Waals surface area contributed by atoms with Crippen molar-refractivity contribution in [1.29, 1.82) is 0 Å². The topological polar surface area (TPSA) is 51.8 Å². The van der Waals surface area contributed by atoms with Crippen molar-refractivity contribution in [2.75, 3.05) is 0 Å². The van der Waals surface area contributed by atoms with Crippen LogP contribution in [0, 0.1) is 18.5 Å². The maximum atomic E-state index is 16.8. The van der Waals surface area contributed by atoms with Gasteiger partial charge in [-0.3, -0.25) is 15.0 Å². The first-order valence-electron chi connectivity index (χ1n) is 28.3. The standard InChI is InChI=1S/C58H45F2N3O/c1-38-15-24-46(25-16-38)56-51(59)28-27-49-48-13-8-14-50(57(48)64-58(49)56)55-34-52(60)47(37-63-55)26-21-43-32-41(19-17-39-22-29-53(61-35-39)44-9-4-2-5-10-44)31-42(33-43)20-18-40-23-30-54(62-36-40)45-11-6-3-7-12-45/h2-16,22-25,27-37H,17-21,26H2,1H3/i1D3,15D,16D,19D2,20D2,21D2,24D,25D,26D2,28D. The molecule has 6 aromatic carbocycles. The largest absolute Gasteiger partial charge is 0.455 e. The zero-order chi connectivity index (χ0) is 57.4. The van der Waals surface area contributed by atoms with E-state index < -0.39 is 102 Å². The number of benzene rings is 6. The number of furan rings is 1. The van der Waals surface area contributed by atoms with Crippen LogP contribution in [0.25, 0.3) is 66.8 Å². The highest BCUT2D eigenvalue weighted by atomic mass is 19.1. The molecule has 0 aliphatic rings. The van der Waals surface area contributed by atoms with Gasteiger partial charge in [-0.05, 0) is 109 Å². The van der Waals surface area contributed by atoms with Gasteiger partial charge in [0.05, 0.1) is 29.5 Å². The molecule has 6 heteroatoms. The number of pyridine rings is 3. The monoisotopic (exact) mass is 853 g/mol. The molecule has 0 aliphatic heterocycles. The quantitative estimate of drug-likeness (QED) is 0.116. The predicted molar refractivity (Wildman–Crippen MR) is 255 cm³/mol. The minimum Gasteiger partial charge on any atom is -0.455 e. The van der Waals surface area contributed by atoms with Gasteiger partial charge in [-0.15, -0.1) is 0 Å². The van der Waals surface area contributed by atoms with E-state index in [0.29, 0.717) is 22.5 Å². The molecule has 0 bridgehead atoms. The van der Waals surface area contributed by atoms with E-state index in [0.717, 1.165) is 41.6 Å². The van der Waals surface area contributed by atoms with Gasteiger partial charge in [0.1, 0.15) is 22.8 Å². The fraction of sp³-hybridized carbons (Fsp3) is 0.121. The van der Waals surface area contributed by atoms with Gasteiger partial charge in [-0.1, -0.05) is 133 Å². The minimum absolute atomic E-state index is 0.0412. The van der Waals surface area contributed by atoms with Crippen LogP contribution in [0.2, 0.25) is 0 Å². The lowest BCUT2D eigenvalue weighted by atomic mass is 9.94. The van der Waals surface area contributed by atoms with Crippen LogP contribution >= 0.6 is 0 Å². The number of hydrogen-bond donors (Lipinski definition) is 0. The van der Waals surface area contributed by atoms with E-state index in [1.807, 2.05) is 60.7 Å². The van der Waals surface area contributed by atoms with Crippen LogP contribution in [0.1, 0.15) is 60.9 Å². The lowest BCUT2D eigenvalue weighted by Crippen LogP contribution is -2.02. The molecule has 4 nitrogen and oxygen atoms in total. The molecule has 0 N–H and O–H groups in total. The molecule has 0 atom stereocenters. The van der Waals surface area contributed by atoms with Crippen LogP contribution in [0.3, 0.4) is 0 Å². The highest BCUT2D eigenvalue weighted by Gasteiger charge is 2.20. The Bertz CT molecular complexity index is 3880. The fourth-order valence-corrected chi connectivity index (χ4v) is 7.38. The van der Waals surface area contributed by atoms with Crippen molar-refractivity contribution in [3.63, 3.8) is 0 Å². The summed E-state index contributed by atoms with van der Waals surface area (Å²) in [5.41, 5.74) is -0.626. The Morgan fingerprint density at radius 1 is 0.500 bits per heavy atom. The van der Waals surface area contributed by atoms with Crippen molar-refractivity contribution < 1.29 is 35.1 Å². The number of fused-ring (bicyclic) bond motifs is 3. The molecule has 312 valence electrons.